The molecule has 31 heavy (non-hydrogen) atoms. The largest absolute Gasteiger partial charge is 0.497 e. The normalized spacial score (nSPS) is 17.7. The van der Waals surface area contributed by atoms with Crippen molar-refractivity contribution >= 4 is 41.2 Å². The van der Waals surface area contributed by atoms with Crippen molar-refractivity contribution in [3.63, 3.8) is 0 Å². The van der Waals surface area contributed by atoms with Gasteiger partial charge in [-0.15, -0.1) is 0 Å². The van der Waals surface area contributed by atoms with E-state index in [-0.39, 0.29) is 30.5 Å². The number of carbonyl (C=O) groups excluding carboxylic acids is 4. The topological polar surface area (TPSA) is 143 Å². The fourth-order valence-electron chi connectivity index (χ4n) is 3.37. The summed E-state index contributed by atoms with van der Waals surface area (Å²) >= 11 is 1.37. The summed E-state index contributed by atoms with van der Waals surface area (Å²) in [5.74, 6) is -0.138. The molecule has 0 radical (unpaired) electrons. The van der Waals surface area contributed by atoms with Gasteiger partial charge in [0.05, 0.1) is 18.9 Å². The Hall–Kier alpha value is -2.95. The Morgan fingerprint density at radius 2 is 2.06 bits per heavy atom. The van der Waals surface area contributed by atoms with Gasteiger partial charge in [0.15, 0.2) is 0 Å². The van der Waals surface area contributed by atoms with Crippen molar-refractivity contribution in [3.05, 3.63) is 24.3 Å². The van der Waals surface area contributed by atoms with Crippen molar-refractivity contribution in [1.82, 2.24) is 15.5 Å². The number of benzene rings is 1. The number of carbonyl (C=O) groups is 4. The van der Waals surface area contributed by atoms with Crippen molar-refractivity contribution in [2.45, 2.75) is 31.3 Å². The van der Waals surface area contributed by atoms with Crippen molar-refractivity contribution in [2.24, 2.45) is 5.73 Å². The van der Waals surface area contributed by atoms with Crippen molar-refractivity contribution < 1.29 is 23.9 Å². The molecule has 1 heterocycles. The Morgan fingerprint density at radius 1 is 1.29 bits per heavy atom. The number of amides is 5. The number of likely N-dealkylation sites (tertiary alicyclic amines) is 1. The fourth-order valence-corrected chi connectivity index (χ4v) is 3.78. The number of hydrogen-bond acceptors (Lipinski definition) is 6. The SMILES string of the molecule is COc1cccc(NC(=O)NC2CCN(C(=O)CSC)C2C(=O)NCCCC(N)=O)c1. The van der Waals surface area contributed by atoms with E-state index in [2.05, 4.69) is 16.0 Å². The molecule has 5 N–H and O–H groups in total. The van der Waals surface area contributed by atoms with E-state index in [1.165, 1.54) is 23.8 Å². The first-order valence-electron chi connectivity index (χ1n) is 9.91. The van der Waals surface area contributed by atoms with E-state index in [0.717, 1.165) is 0 Å². The second-order valence-corrected chi connectivity index (χ2v) is 7.92. The van der Waals surface area contributed by atoms with Crippen LogP contribution in [0.25, 0.3) is 0 Å². The van der Waals surface area contributed by atoms with E-state index in [1.807, 2.05) is 6.26 Å². The number of nitrogens with two attached hydrogens (primary N) is 1. The van der Waals surface area contributed by atoms with Crippen molar-refractivity contribution in [2.75, 3.05) is 37.5 Å². The first-order valence-corrected chi connectivity index (χ1v) is 11.3. The number of ether oxygens (including phenoxy) is 1. The zero-order valence-electron chi connectivity index (χ0n) is 17.7. The third-order valence-corrected chi connectivity index (χ3v) is 5.33. The van der Waals surface area contributed by atoms with Gasteiger partial charge in [0.1, 0.15) is 11.8 Å². The fraction of sp³-hybridized carbons (Fsp3) is 0.500. The Kier molecular flexibility index (Phi) is 9.44. The van der Waals surface area contributed by atoms with Crippen LogP contribution >= 0.6 is 11.8 Å². The Labute approximate surface area is 185 Å². The molecular weight excluding hydrogens is 422 g/mol. The van der Waals surface area contributed by atoms with E-state index >= 15 is 0 Å². The number of urea groups is 1. The monoisotopic (exact) mass is 451 g/mol. The summed E-state index contributed by atoms with van der Waals surface area (Å²) in [6, 6.07) is 5.03. The van der Waals surface area contributed by atoms with Crippen LogP contribution in [0.1, 0.15) is 19.3 Å². The second kappa shape index (κ2) is 12.0. The van der Waals surface area contributed by atoms with Gasteiger partial charge in [-0.3, -0.25) is 14.4 Å². The number of rotatable bonds is 10. The van der Waals surface area contributed by atoms with Gasteiger partial charge in [-0.05, 0) is 31.2 Å². The number of nitrogens with zero attached hydrogens (tertiary/aromatic N) is 1. The van der Waals surface area contributed by atoms with Crippen LogP contribution in [0.4, 0.5) is 10.5 Å². The summed E-state index contributed by atoms with van der Waals surface area (Å²) in [5.41, 5.74) is 5.66. The van der Waals surface area contributed by atoms with E-state index in [0.29, 0.717) is 30.8 Å². The van der Waals surface area contributed by atoms with Crippen LogP contribution in [0.15, 0.2) is 24.3 Å². The standard InChI is InChI=1S/C20H29N5O5S/c1-30-14-6-3-5-13(11-14)23-20(29)24-15-8-10-25(17(27)12-31-2)18(15)19(28)22-9-4-7-16(21)26/h3,5-6,11,15,18H,4,7-10,12H2,1-2H3,(H2,21,26)(H,22,28)(H2,23,24,29). The highest BCUT2D eigenvalue weighted by molar-refractivity contribution is 7.99. The van der Waals surface area contributed by atoms with Crippen LogP contribution < -0.4 is 26.4 Å². The predicted molar refractivity (Wildman–Crippen MR) is 119 cm³/mol. The number of anilines is 1. The molecule has 1 aromatic carbocycles. The highest BCUT2D eigenvalue weighted by Gasteiger charge is 2.42. The summed E-state index contributed by atoms with van der Waals surface area (Å²) < 4.78 is 5.14. The molecule has 0 aromatic heterocycles. The van der Waals surface area contributed by atoms with E-state index in [1.54, 1.807) is 24.3 Å². The average molecular weight is 452 g/mol. The van der Waals surface area contributed by atoms with Crippen LogP contribution in [0, 0.1) is 0 Å². The molecule has 11 heteroatoms. The van der Waals surface area contributed by atoms with Crippen LogP contribution in [0.2, 0.25) is 0 Å². The molecule has 1 aromatic rings. The molecule has 2 unspecified atom stereocenters. The smallest absolute Gasteiger partial charge is 0.319 e. The molecule has 1 saturated heterocycles. The maximum Gasteiger partial charge on any atom is 0.319 e. The predicted octanol–water partition coefficient (Wildman–Crippen LogP) is 0.531. The van der Waals surface area contributed by atoms with E-state index < -0.39 is 24.0 Å². The van der Waals surface area contributed by atoms with Gasteiger partial charge < -0.3 is 31.3 Å². The van der Waals surface area contributed by atoms with E-state index in [9.17, 15) is 19.2 Å². The molecule has 0 spiro atoms. The van der Waals surface area contributed by atoms with Crippen LogP contribution in [-0.4, -0.2) is 72.9 Å². The van der Waals surface area contributed by atoms with Gasteiger partial charge in [-0.1, -0.05) is 6.07 Å². The number of nitrogens with one attached hydrogen (secondary N) is 3. The van der Waals surface area contributed by atoms with Gasteiger partial charge in [-0.25, -0.2) is 4.79 Å². The molecule has 10 nitrogen and oxygen atoms in total. The number of thioether (sulfide) groups is 1. The summed E-state index contributed by atoms with van der Waals surface area (Å²) in [6.07, 6.45) is 2.82. The van der Waals surface area contributed by atoms with Gasteiger partial charge in [-0.2, -0.15) is 11.8 Å². The second-order valence-electron chi connectivity index (χ2n) is 7.05. The number of primary amides is 1. The molecule has 0 aliphatic carbocycles. The van der Waals surface area contributed by atoms with Crippen LogP contribution in [0.5, 0.6) is 5.75 Å². The molecule has 1 fully saturated rings. The van der Waals surface area contributed by atoms with Gasteiger partial charge in [0.25, 0.3) is 0 Å². The van der Waals surface area contributed by atoms with E-state index in [4.69, 9.17) is 10.5 Å². The zero-order chi connectivity index (χ0) is 22.8. The van der Waals surface area contributed by atoms with Crippen LogP contribution in [0.3, 0.4) is 0 Å². The molecule has 2 atom stereocenters. The molecule has 1 aliphatic heterocycles. The average Bonchev–Trinajstić information content (AvgIpc) is 3.14. The van der Waals surface area contributed by atoms with Gasteiger partial charge in [0.2, 0.25) is 17.7 Å². The number of methoxy groups -OCH3 is 1. The quantitative estimate of drug-likeness (QED) is 0.382. The first kappa shape index (κ1) is 24.3. The highest BCUT2D eigenvalue weighted by Crippen LogP contribution is 2.21. The third kappa shape index (κ3) is 7.35. The summed E-state index contributed by atoms with van der Waals surface area (Å²) in [6.45, 7) is 0.619. The lowest BCUT2D eigenvalue weighted by molar-refractivity contribution is -0.137. The van der Waals surface area contributed by atoms with Crippen molar-refractivity contribution in [1.29, 1.82) is 0 Å². The minimum Gasteiger partial charge on any atom is -0.497 e. The van der Waals surface area contributed by atoms with Crippen molar-refractivity contribution in [3.8, 4) is 5.75 Å². The lowest BCUT2D eigenvalue weighted by atomic mass is 10.1. The van der Waals surface area contributed by atoms with Crippen LogP contribution in [-0.2, 0) is 14.4 Å². The minimum absolute atomic E-state index is 0.157. The molecule has 1 aliphatic rings. The summed E-state index contributed by atoms with van der Waals surface area (Å²) in [4.78, 5) is 50.2. The zero-order valence-corrected chi connectivity index (χ0v) is 18.5. The molecule has 0 bridgehead atoms. The minimum atomic E-state index is -0.829. The summed E-state index contributed by atoms with van der Waals surface area (Å²) in [7, 11) is 1.53. The third-order valence-electron chi connectivity index (χ3n) is 4.80. The first-order chi connectivity index (χ1) is 14.8. The van der Waals surface area contributed by atoms with Gasteiger partial charge >= 0.3 is 6.03 Å². The molecule has 170 valence electrons. The maximum absolute atomic E-state index is 12.8. The maximum atomic E-state index is 12.8. The molecule has 0 saturated carbocycles. The molecular formula is C20H29N5O5S. The molecule has 5 amide bonds. The number of hydrogen-bond donors (Lipinski definition) is 4. The highest BCUT2D eigenvalue weighted by atomic mass is 32.2. The Balaban J connectivity index is 2.04. The lowest BCUT2D eigenvalue weighted by Gasteiger charge is -2.27. The summed E-state index contributed by atoms with van der Waals surface area (Å²) in [5, 5.41) is 8.26. The Morgan fingerprint density at radius 3 is 2.74 bits per heavy atom. The molecule has 2 rings (SSSR count). The van der Waals surface area contributed by atoms with Gasteiger partial charge in [0, 0.05) is 31.3 Å². The Bertz CT molecular complexity index is 806. The lowest BCUT2D eigenvalue weighted by Crippen LogP contribution is -2.55.